The van der Waals surface area contributed by atoms with Crippen LogP contribution >= 0.6 is 0 Å². The van der Waals surface area contributed by atoms with E-state index in [0.717, 1.165) is 0 Å². The normalized spacial score (nSPS) is 12.7. The van der Waals surface area contributed by atoms with Crippen molar-refractivity contribution in [3.8, 4) is 0 Å². The summed E-state index contributed by atoms with van der Waals surface area (Å²) in [7, 11) is 0. The summed E-state index contributed by atoms with van der Waals surface area (Å²) in [6.45, 7) is 1.62. The van der Waals surface area contributed by atoms with Crippen molar-refractivity contribution < 1.29 is 4.79 Å². The van der Waals surface area contributed by atoms with Crippen molar-refractivity contribution in [1.82, 2.24) is 15.0 Å². The highest BCUT2D eigenvalue weighted by atomic mass is 16.1. The van der Waals surface area contributed by atoms with Crippen molar-refractivity contribution in [3.63, 3.8) is 0 Å². The Morgan fingerprint density at radius 3 is 2.93 bits per heavy atom. The number of Topliss-reactive ketones (excluding diaryl/α,β-unsaturated/α-hetero) is 1. The van der Waals surface area contributed by atoms with E-state index < -0.39 is 6.04 Å². The lowest BCUT2D eigenvalue weighted by Crippen LogP contribution is -2.27. The van der Waals surface area contributed by atoms with Crippen LogP contribution in [-0.2, 0) is 0 Å². The number of carbonyl (C=O) groups excluding carboxylic acids is 1. The van der Waals surface area contributed by atoms with Crippen LogP contribution in [0.1, 0.15) is 17.4 Å². The molecule has 0 bridgehead atoms. The maximum absolute atomic E-state index is 11.5. The van der Waals surface area contributed by atoms with Crippen molar-refractivity contribution >= 4 is 16.8 Å². The maximum Gasteiger partial charge on any atom is 0.199 e. The molecule has 5 heteroatoms. The lowest BCUT2D eigenvalue weighted by molar-refractivity contribution is 0.0963. The second-order valence-corrected chi connectivity index (χ2v) is 3.27. The molecule has 0 saturated carbocycles. The number of carbonyl (C=O) groups is 1. The Morgan fingerprint density at radius 1 is 1.40 bits per heavy atom. The van der Waals surface area contributed by atoms with Gasteiger partial charge in [0.05, 0.1) is 24.0 Å². The Bertz CT molecular complexity index is 510. The van der Waals surface area contributed by atoms with Gasteiger partial charge in [0.2, 0.25) is 0 Å². The van der Waals surface area contributed by atoms with Crippen LogP contribution in [0.25, 0.3) is 11.0 Å². The molecule has 0 aliphatic heterocycles. The van der Waals surface area contributed by atoms with Gasteiger partial charge in [0.1, 0.15) is 11.2 Å². The van der Waals surface area contributed by atoms with E-state index in [0.29, 0.717) is 11.0 Å². The van der Waals surface area contributed by atoms with Crippen molar-refractivity contribution in [3.05, 3.63) is 30.4 Å². The Morgan fingerprint density at radius 2 is 2.20 bits per heavy atom. The monoisotopic (exact) mass is 202 g/mol. The molecule has 0 aliphatic carbocycles. The first-order valence-electron chi connectivity index (χ1n) is 4.55. The summed E-state index contributed by atoms with van der Waals surface area (Å²) in [5.41, 5.74) is 7.08. The summed E-state index contributed by atoms with van der Waals surface area (Å²) in [5.74, 6) is -0.215. The third kappa shape index (κ3) is 1.82. The van der Waals surface area contributed by atoms with E-state index in [9.17, 15) is 4.79 Å². The Kier molecular flexibility index (Phi) is 2.39. The van der Waals surface area contributed by atoms with Gasteiger partial charge in [-0.3, -0.25) is 14.8 Å². The zero-order chi connectivity index (χ0) is 10.8. The van der Waals surface area contributed by atoms with Crippen molar-refractivity contribution in [2.24, 2.45) is 5.73 Å². The lowest BCUT2D eigenvalue weighted by Gasteiger charge is -2.03. The van der Waals surface area contributed by atoms with Gasteiger partial charge in [0, 0.05) is 6.20 Å². The highest BCUT2D eigenvalue weighted by Gasteiger charge is 2.13. The summed E-state index contributed by atoms with van der Waals surface area (Å²) in [4.78, 5) is 23.7. The molecule has 2 aromatic rings. The fraction of sp³-hybridized carbons (Fsp3) is 0.200. The molecule has 2 aromatic heterocycles. The van der Waals surface area contributed by atoms with E-state index >= 15 is 0 Å². The van der Waals surface area contributed by atoms with Gasteiger partial charge in [-0.25, -0.2) is 4.98 Å². The first-order chi connectivity index (χ1) is 7.18. The van der Waals surface area contributed by atoms with Crippen LogP contribution in [-0.4, -0.2) is 26.8 Å². The van der Waals surface area contributed by atoms with Gasteiger partial charge in [-0.05, 0) is 13.0 Å². The molecule has 2 rings (SSSR count). The Balaban J connectivity index is 2.52. The lowest BCUT2D eigenvalue weighted by atomic mass is 10.2. The van der Waals surface area contributed by atoms with E-state index in [1.54, 1.807) is 25.4 Å². The third-order valence-corrected chi connectivity index (χ3v) is 2.01. The number of ketones is 1. The van der Waals surface area contributed by atoms with Crippen LogP contribution in [0.15, 0.2) is 24.7 Å². The predicted molar refractivity (Wildman–Crippen MR) is 55.3 cm³/mol. The van der Waals surface area contributed by atoms with E-state index in [4.69, 9.17) is 5.73 Å². The molecule has 0 saturated heterocycles. The fourth-order valence-electron chi connectivity index (χ4n) is 1.22. The number of nitrogens with two attached hydrogens (primary N) is 1. The SMILES string of the molecule is CC(N)C(=O)c1cnc2ccncc2n1. The smallest absolute Gasteiger partial charge is 0.199 e. The number of hydrogen-bond donors (Lipinski definition) is 1. The zero-order valence-corrected chi connectivity index (χ0v) is 8.21. The van der Waals surface area contributed by atoms with Crippen LogP contribution in [0.4, 0.5) is 0 Å². The summed E-state index contributed by atoms with van der Waals surface area (Å²) in [5, 5.41) is 0. The number of rotatable bonds is 2. The molecular weight excluding hydrogens is 192 g/mol. The highest BCUT2D eigenvalue weighted by molar-refractivity contribution is 5.98. The molecule has 76 valence electrons. The number of hydrogen-bond acceptors (Lipinski definition) is 5. The summed E-state index contributed by atoms with van der Waals surface area (Å²) in [6.07, 6.45) is 4.64. The molecule has 15 heavy (non-hydrogen) atoms. The van der Waals surface area contributed by atoms with Gasteiger partial charge in [-0.15, -0.1) is 0 Å². The van der Waals surface area contributed by atoms with Crippen molar-refractivity contribution in [1.29, 1.82) is 0 Å². The fourth-order valence-corrected chi connectivity index (χ4v) is 1.22. The van der Waals surface area contributed by atoms with E-state index in [-0.39, 0.29) is 11.5 Å². The second-order valence-electron chi connectivity index (χ2n) is 3.27. The average Bonchev–Trinajstić information content (AvgIpc) is 2.27. The Hall–Kier alpha value is -1.88. The molecule has 1 unspecified atom stereocenters. The molecule has 1 atom stereocenters. The van der Waals surface area contributed by atoms with Crippen molar-refractivity contribution in [2.45, 2.75) is 13.0 Å². The quantitative estimate of drug-likeness (QED) is 0.719. The first kappa shape index (κ1) is 9.67. The van der Waals surface area contributed by atoms with E-state index in [2.05, 4.69) is 15.0 Å². The van der Waals surface area contributed by atoms with Gasteiger partial charge in [0.15, 0.2) is 5.78 Å². The van der Waals surface area contributed by atoms with Crippen LogP contribution < -0.4 is 5.73 Å². The maximum atomic E-state index is 11.5. The average molecular weight is 202 g/mol. The predicted octanol–water partition coefficient (Wildman–Crippen LogP) is 0.555. The minimum atomic E-state index is -0.562. The van der Waals surface area contributed by atoms with E-state index in [1.807, 2.05) is 0 Å². The molecule has 0 radical (unpaired) electrons. The molecule has 0 aliphatic rings. The van der Waals surface area contributed by atoms with Crippen LogP contribution in [0, 0.1) is 0 Å². The molecular formula is C10H10N4O. The molecule has 2 N–H and O–H groups in total. The number of nitrogens with zero attached hydrogens (tertiary/aromatic N) is 3. The van der Waals surface area contributed by atoms with Crippen molar-refractivity contribution in [2.75, 3.05) is 0 Å². The third-order valence-electron chi connectivity index (χ3n) is 2.01. The molecule has 5 nitrogen and oxygen atoms in total. The van der Waals surface area contributed by atoms with Gasteiger partial charge >= 0.3 is 0 Å². The molecule has 0 spiro atoms. The van der Waals surface area contributed by atoms with Crippen LogP contribution in [0.3, 0.4) is 0 Å². The van der Waals surface area contributed by atoms with Gasteiger partial charge in [-0.2, -0.15) is 0 Å². The molecule has 0 fully saturated rings. The van der Waals surface area contributed by atoms with E-state index in [1.165, 1.54) is 6.20 Å². The molecule has 0 aromatic carbocycles. The minimum Gasteiger partial charge on any atom is -0.321 e. The number of pyridine rings is 1. The first-order valence-corrected chi connectivity index (χ1v) is 4.55. The van der Waals surface area contributed by atoms with Gasteiger partial charge < -0.3 is 5.73 Å². The summed E-state index contributed by atoms with van der Waals surface area (Å²) in [6, 6.07) is 1.18. The number of aromatic nitrogens is 3. The number of fused-ring (bicyclic) bond motifs is 1. The molecule has 2 heterocycles. The zero-order valence-electron chi connectivity index (χ0n) is 8.21. The topological polar surface area (TPSA) is 81.8 Å². The van der Waals surface area contributed by atoms with Gasteiger partial charge in [0.25, 0.3) is 0 Å². The highest BCUT2D eigenvalue weighted by Crippen LogP contribution is 2.07. The Labute approximate surface area is 86.4 Å². The van der Waals surface area contributed by atoms with Crippen LogP contribution in [0.5, 0.6) is 0 Å². The summed E-state index contributed by atoms with van der Waals surface area (Å²) >= 11 is 0. The minimum absolute atomic E-state index is 0.215. The molecule has 0 amide bonds. The standard InChI is InChI=1S/C10H10N4O/c1-6(11)10(15)9-5-13-7-2-3-12-4-8(7)14-9/h2-6H,11H2,1H3. The largest absolute Gasteiger partial charge is 0.321 e. The van der Waals surface area contributed by atoms with Crippen LogP contribution in [0.2, 0.25) is 0 Å². The summed E-state index contributed by atoms with van der Waals surface area (Å²) < 4.78 is 0. The van der Waals surface area contributed by atoms with Gasteiger partial charge in [-0.1, -0.05) is 0 Å². The second kappa shape index (κ2) is 3.70.